The molecule has 3 aromatic rings. The van der Waals surface area contributed by atoms with E-state index in [0.717, 1.165) is 8.14 Å². The molecule has 1 heterocycles. The molecule has 1 N–H and O–H groups in total. The maximum atomic E-state index is 12.7. The molecule has 5 nitrogen and oxygen atoms in total. The van der Waals surface area contributed by atoms with E-state index >= 15 is 0 Å². The number of aromatic amines is 1. The number of nitrogens with one attached hydrogen (secondary N) is 1. The average Bonchev–Trinajstić information content (AvgIpc) is 2.56. The van der Waals surface area contributed by atoms with E-state index < -0.39 is 11.5 Å². The van der Waals surface area contributed by atoms with Crippen LogP contribution >= 0.6 is 34.8 Å². The molecule has 0 bridgehead atoms. The van der Waals surface area contributed by atoms with E-state index in [1.807, 2.05) is 13.0 Å². The molecule has 0 spiro atoms. The van der Waals surface area contributed by atoms with Gasteiger partial charge in [-0.2, -0.15) is 0 Å². The molecule has 7 heteroatoms. The molecule has 0 unspecified atom stereocenters. The summed E-state index contributed by atoms with van der Waals surface area (Å²) in [6.07, 6.45) is 0. The van der Waals surface area contributed by atoms with Crippen molar-refractivity contribution in [2.45, 2.75) is 6.92 Å². The Kier molecular flexibility index (Phi) is 4.81. The van der Waals surface area contributed by atoms with Crippen LogP contribution in [0, 0.1) is 8.34 Å². The lowest BCUT2D eigenvalue weighted by molar-refractivity contribution is 0.0953. The second kappa shape index (κ2) is 6.86. The number of benzene rings is 2. The smallest absolute Gasteiger partial charge is 0.269 e. The number of nitrogens with zero attached hydrogens (tertiary/aromatic N) is 1. The van der Waals surface area contributed by atoms with Gasteiger partial charge in [0, 0.05) is 9.13 Å². The number of carbonyl (C=O) groups excluding carboxylic acids is 1. The number of hydrogen-bond acceptors (Lipinski definition) is 4. The van der Waals surface area contributed by atoms with Gasteiger partial charge in [-0.15, -0.1) is 0 Å². The van der Waals surface area contributed by atoms with E-state index in [2.05, 4.69) is 27.6 Å². The van der Waals surface area contributed by atoms with Crippen molar-refractivity contribution in [3.8, 4) is 5.75 Å². The van der Waals surface area contributed by atoms with Gasteiger partial charge >= 0.3 is 0 Å². The van der Waals surface area contributed by atoms with Gasteiger partial charge in [-0.05, 0) is 84.2 Å². The summed E-state index contributed by atoms with van der Waals surface area (Å²) < 4.78 is 7.33. The lowest BCUT2D eigenvalue weighted by Gasteiger charge is -2.08. The maximum Gasteiger partial charge on any atom is 0.269 e. The third kappa shape index (κ3) is 3.13. The van der Waals surface area contributed by atoms with Gasteiger partial charge < -0.3 is 9.72 Å². The molecule has 0 radical (unpaired) electrons. The van der Waals surface area contributed by atoms with Gasteiger partial charge in [0.25, 0.3) is 11.5 Å². The molecule has 122 valence electrons. The fraction of sp³-hybridized carbons (Fsp3) is 0.118. The van der Waals surface area contributed by atoms with Crippen LogP contribution in [0.4, 0.5) is 0 Å². The summed E-state index contributed by atoms with van der Waals surface area (Å²) in [5.41, 5.74) is 0.553. The third-order valence-electron chi connectivity index (χ3n) is 3.48. The quantitative estimate of drug-likeness (QED) is 0.486. The summed E-state index contributed by atoms with van der Waals surface area (Å²) >= 11 is 7.32. The van der Waals surface area contributed by atoms with Crippen LogP contribution in [0.1, 0.15) is 17.3 Å². The number of carbonyl (C=O) groups is 1. The Hall–Kier alpha value is -2.00. The molecule has 0 fully saturated rings. The van der Waals surface area contributed by atoms with Crippen LogP contribution in [-0.4, -0.2) is 22.1 Å². The van der Waals surface area contributed by atoms with Crippen molar-refractivity contribution < 1.29 is 9.53 Å². The average molecular weight is 452 g/mol. The Morgan fingerprint density at radius 3 is 2.62 bits per heavy atom. The zero-order valence-corrected chi connectivity index (χ0v) is 15.7. The topological polar surface area (TPSA) is 64.1 Å². The monoisotopic (exact) mass is 452 g/mol. The van der Waals surface area contributed by atoms with E-state index in [9.17, 15) is 9.59 Å². The van der Waals surface area contributed by atoms with E-state index in [-0.39, 0.29) is 4.77 Å². The van der Waals surface area contributed by atoms with Gasteiger partial charge in [-0.1, -0.05) is 0 Å². The zero-order chi connectivity index (χ0) is 17.3. The van der Waals surface area contributed by atoms with Crippen molar-refractivity contribution in [3.05, 3.63) is 66.7 Å². The molecule has 0 saturated carbocycles. The van der Waals surface area contributed by atoms with E-state index in [0.29, 0.717) is 28.8 Å². The summed E-state index contributed by atoms with van der Waals surface area (Å²) in [6.45, 7) is 2.43. The summed E-state index contributed by atoms with van der Waals surface area (Å²) in [5, 5.41) is 0.426. The van der Waals surface area contributed by atoms with Crippen LogP contribution in [0.25, 0.3) is 10.9 Å². The number of aromatic nitrogens is 2. The summed E-state index contributed by atoms with van der Waals surface area (Å²) in [4.78, 5) is 28.4. The molecule has 0 aliphatic carbocycles. The molecule has 0 aliphatic heterocycles. The highest BCUT2D eigenvalue weighted by molar-refractivity contribution is 14.1. The maximum absolute atomic E-state index is 12.7. The highest BCUT2D eigenvalue weighted by Gasteiger charge is 2.15. The molecule has 2 aromatic carbocycles. The third-order valence-corrected chi connectivity index (χ3v) is 4.43. The first kappa shape index (κ1) is 16.8. The van der Waals surface area contributed by atoms with Gasteiger partial charge in [0.2, 0.25) is 0 Å². The number of halogens is 1. The van der Waals surface area contributed by atoms with Gasteiger partial charge in [0.05, 0.1) is 17.5 Å². The van der Waals surface area contributed by atoms with Crippen LogP contribution in [0.3, 0.4) is 0 Å². The summed E-state index contributed by atoms with van der Waals surface area (Å²) in [6, 6.07) is 12.0. The number of ether oxygens (including phenoxy) is 1. The summed E-state index contributed by atoms with van der Waals surface area (Å²) in [7, 11) is 0. The molecule has 0 aliphatic rings. The second-order valence-corrected chi connectivity index (χ2v) is 6.66. The number of fused-ring (bicyclic) bond motifs is 1. The minimum Gasteiger partial charge on any atom is -0.494 e. The van der Waals surface area contributed by atoms with Crippen molar-refractivity contribution >= 4 is 51.6 Å². The lowest BCUT2D eigenvalue weighted by Crippen LogP contribution is -2.29. The van der Waals surface area contributed by atoms with Crippen LogP contribution < -0.4 is 10.3 Å². The van der Waals surface area contributed by atoms with Crippen LogP contribution in [0.15, 0.2) is 47.3 Å². The van der Waals surface area contributed by atoms with Crippen LogP contribution in [0.2, 0.25) is 0 Å². The normalized spacial score (nSPS) is 10.8. The van der Waals surface area contributed by atoms with Gasteiger partial charge in [0.15, 0.2) is 4.77 Å². The molecular weight excluding hydrogens is 439 g/mol. The molecule has 1 aromatic heterocycles. The first-order valence-electron chi connectivity index (χ1n) is 7.23. The molecule has 0 saturated heterocycles. The number of hydrogen-bond donors (Lipinski definition) is 1. The predicted octanol–water partition coefficient (Wildman–Crippen LogP) is 3.75. The number of rotatable bonds is 3. The van der Waals surface area contributed by atoms with Gasteiger partial charge in [-0.25, -0.2) is 4.57 Å². The molecule has 0 amide bonds. The van der Waals surface area contributed by atoms with Crippen LogP contribution in [0.5, 0.6) is 5.75 Å². The van der Waals surface area contributed by atoms with Crippen molar-refractivity contribution in [1.29, 1.82) is 0 Å². The molecule has 24 heavy (non-hydrogen) atoms. The van der Waals surface area contributed by atoms with Crippen molar-refractivity contribution in [1.82, 2.24) is 9.55 Å². The molecule has 0 atom stereocenters. The van der Waals surface area contributed by atoms with Gasteiger partial charge in [-0.3, -0.25) is 9.59 Å². The van der Waals surface area contributed by atoms with E-state index in [1.54, 1.807) is 36.4 Å². The Balaban J connectivity index is 2.13. The Bertz CT molecular complexity index is 1040. The van der Waals surface area contributed by atoms with Crippen LogP contribution in [-0.2, 0) is 0 Å². The highest BCUT2D eigenvalue weighted by atomic mass is 127. The first-order valence-corrected chi connectivity index (χ1v) is 8.72. The Morgan fingerprint density at radius 1 is 1.25 bits per heavy atom. The lowest BCUT2D eigenvalue weighted by atomic mass is 10.2. The summed E-state index contributed by atoms with van der Waals surface area (Å²) in [5.74, 6) is 0.199. The number of H-pyrrole nitrogens is 1. The van der Waals surface area contributed by atoms with E-state index in [1.165, 1.54) is 0 Å². The Morgan fingerprint density at radius 2 is 1.96 bits per heavy atom. The second-order valence-electron chi connectivity index (χ2n) is 5.02. The SMILES string of the molecule is CCOc1ccc(C(=O)n2c(=S)[nH]c3ccc(I)cc3c2=O)cc1. The standard InChI is InChI=1S/C17H13IN2O3S/c1-2-23-12-6-3-10(4-7-12)15(21)20-16(22)13-9-11(18)5-8-14(13)19-17(20)24/h3-9H,2H2,1H3,(H,19,24). The van der Waals surface area contributed by atoms with Crippen molar-refractivity contribution in [3.63, 3.8) is 0 Å². The molecular formula is C17H13IN2O3S. The molecule has 3 rings (SSSR count). The largest absolute Gasteiger partial charge is 0.494 e. The predicted molar refractivity (Wildman–Crippen MR) is 103 cm³/mol. The Labute approximate surface area is 156 Å². The van der Waals surface area contributed by atoms with Gasteiger partial charge in [0.1, 0.15) is 5.75 Å². The minimum absolute atomic E-state index is 0.0765. The fourth-order valence-corrected chi connectivity index (χ4v) is 3.13. The first-order chi connectivity index (χ1) is 11.5. The minimum atomic E-state index is -0.468. The van der Waals surface area contributed by atoms with Crippen molar-refractivity contribution in [2.24, 2.45) is 0 Å². The zero-order valence-electron chi connectivity index (χ0n) is 12.7. The van der Waals surface area contributed by atoms with E-state index in [4.69, 9.17) is 17.0 Å². The van der Waals surface area contributed by atoms with Crippen molar-refractivity contribution in [2.75, 3.05) is 6.61 Å². The fourth-order valence-electron chi connectivity index (χ4n) is 2.36. The highest BCUT2D eigenvalue weighted by Crippen LogP contribution is 2.15.